The molecular weight excluding hydrogens is 268 g/mol. The minimum atomic E-state index is 0. The number of rotatable bonds is 3. The maximum absolute atomic E-state index is 5.79. The van der Waals surface area contributed by atoms with Crippen LogP contribution in [-0.4, -0.2) is 15.5 Å². The minimum absolute atomic E-state index is 0. The van der Waals surface area contributed by atoms with E-state index in [2.05, 4.69) is 22.9 Å². The van der Waals surface area contributed by atoms with Crippen molar-refractivity contribution in [2.45, 2.75) is 19.9 Å². The van der Waals surface area contributed by atoms with Crippen molar-refractivity contribution in [1.82, 2.24) is 4.57 Å². The second kappa shape index (κ2) is 7.27. The van der Waals surface area contributed by atoms with Gasteiger partial charge < -0.3 is 21.3 Å². The maximum atomic E-state index is 5.79. The summed E-state index contributed by atoms with van der Waals surface area (Å²) in [6.07, 6.45) is 1.08. The smallest absolute Gasteiger partial charge is 0.161 e. The topological polar surface area (TPSA) is 94.0 Å². The van der Waals surface area contributed by atoms with Crippen molar-refractivity contribution in [3.05, 3.63) is 33.6 Å². The van der Waals surface area contributed by atoms with Gasteiger partial charge in [0.05, 0.1) is 5.69 Å². The summed E-state index contributed by atoms with van der Waals surface area (Å²) in [5.74, 6) is 0. The third-order valence-corrected chi connectivity index (χ3v) is 3.68. The van der Waals surface area contributed by atoms with E-state index in [1.807, 2.05) is 18.2 Å². The lowest BCUT2D eigenvalue weighted by atomic mass is 10.1. The quantitative estimate of drug-likeness (QED) is 0.692. The van der Waals surface area contributed by atoms with Crippen molar-refractivity contribution in [3.63, 3.8) is 0 Å². The van der Waals surface area contributed by atoms with Crippen LogP contribution >= 0.6 is 23.6 Å². The zero-order valence-corrected chi connectivity index (χ0v) is 11.8. The number of hydrogen-bond acceptors (Lipinski definition) is 3. The van der Waals surface area contributed by atoms with Crippen molar-refractivity contribution < 1.29 is 11.0 Å². The zero-order chi connectivity index (χ0) is 11.5. The van der Waals surface area contributed by atoms with Gasteiger partial charge in [0.2, 0.25) is 0 Å². The first kappa shape index (κ1) is 16.8. The molecule has 4 nitrogen and oxygen atoms in total. The first-order valence-corrected chi connectivity index (χ1v) is 6.55. The molecule has 0 aliphatic heterocycles. The Kier molecular flexibility index (Phi) is 6.79. The molecule has 6 heteroatoms. The SMILES string of the molecule is CCCn1c(-c2cccc(N)c2)csc1=S.O.O. The number of benzene rings is 1. The Morgan fingerprint density at radius 2 is 2.06 bits per heavy atom. The molecule has 18 heavy (non-hydrogen) atoms. The number of nitrogens with zero attached hydrogens (tertiary/aromatic N) is 1. The number of anilines is 1. The van der Waals surface area contributed by atoms with Crippen molar-refractivity contribution in [2.24, 2.45) is 0 Å². The zero-order valence-electron chi connectivity index (χ0n) is 10.1. The van der Waals surface area contributed by atoms with Crippen LogP contribution in [0.4, 0.5) is 5.69 Å². The lowest BCUT2D eigenvalue weighted by Gasteiger charge is -2.07. The minimum Gasteiger partial charge on any atom is -0.412 e. The van der Waals surface area contributed by atoms with E-state index in [9.17, 15) is 0 Å². The second-order valence-electron chi connectivity index (χ2n) is 3.66. The standard InChI is InChI=1S/C12H14N2S2.2H2O/c1-2-6-14-11(8-16-12(14)15)9-4-3-5-10(13)7-9;;/h3-5,7-8H,2,6,13H2,1H3;2*1H2. The van der Waals surface area contributed by atoms with E-state index >= 15 is 0 Å². The van der Waals surface area contributed by atoms with E-state index in [4.69, 9.17) is 18.0 Å². The largest absolute Gasteiger partial charge is 0.412 e. The molecule has 0 atom stereocenters. The fourth-order valence-corrected chi connectivity index (χ4v) is 2.82. The van der Waals surface area contributed by atoms with Gasteiger partial charge >= 0.3 is 0 Å². The average molecular weight is 286 g/mol. The van der Waals surface area contributed by atoms with Crippen LogP contribution in [0.3, 0.4) is 0 Å². The summed E-state index contributed by atoms with van der Waals surface area (Å²) in [6, 6.07) is 7.93. The van der Waals surface area contributed by atoms with E-state index in [1.165, 1.54) is 5.69 Å². The molecule has 0 unspecified atom stereocenters. The highest BCUT2D eigenvalue weighted by molar-refractivity contribution is 7.73. The molecule has 0 bridgehead atoms. The van der Waals surface area contributed by atoms with Crippen LogP contribution in [0.5, 0.6) is 0 Å². The lowest BCUT2D eigenvalue weighted by Crippen LogP contribution is -1.99. The van der Waals surface area contributed by atoms with Gasteiger partial charge in [-0.05, 0) is 30.8 Å². The fraction of sp³-hybridized carbons (Fsp3) is 0.250. The van der Waals surface area contributed by atoms with Gasteiger partial charge in [-0.25, -0.2) is 0 Å². The number of aromatic nitrogens is 1. The predicted octanol–water partition coefficient (Wildman–Crippen LogP) is 2.29. The van der Waals surface area contributed by atoms with Crippen LogP contribution < -0.4 is 5.73 Å². The Morgan fingerprint density at radius 3 is 2.67 bits per heavy atom. The third-order valence-electron chi connectivity index (χ3n) is 2.41. The number of hydrogen-bond donors (Lipinski definition) is 1. The van der Waals surface area contributed by atoms with Gasteiger partial charge in [0, 0.05) is 23.2 Å². The van der Waals surface area contributed by atoms with Gasteiger partial charge in [0.25, 0.3) is 0 Å². The Hall–Kier alpha value is -1.21. The van der Waals surface area contributed by atoms with Crippen molar-refractivity contribution >= 4 is 29.2 Å². The van der Waals surface area contributed by atoms with Gasteiger partial charge in [-0.15, -0.1) is 11.3 Å². The monoisotopic (exact) mass is 286 g/mol. The molecule has 2 aromatic rings. The predicted molar refractivity (Wildman–Crippen MR) is 80.5 cm³/mol. The molecule has 6 N–H and O–H groups in total. The summed E-state index contributed by atoms with van der Waals surface area (Å²) in [6.45, 7) is 3.12. The summed E-state index contributed by atoms with van der Waals surface area (Å²) in [4.78, 5) is 0. The molecule has 0 fully saturated rings. The maximum Gasteiger partial charge on any atom is 0.161 e. The van der Waals surface area contributed by atoms with Crippen LogP contribution in [0.25, 0.3) is 11.3 Å². The second-order valence-corrected chi connectivity index (χ2v) is 5.17. The van der Waals surface area contributed by atoms with E-state index in [0.717, 1.165) is 28.2 Å². The molecule has 0 spiro atoms. The van der Waals surface area contributed by atoms with Gasteiger partial charge in [0.15, 0.2) is 3.95 Å². The average Bonchev–Trinajstić information content (AvgIpc) is 2.61. The van der Waals surface area contributed by atoms with Crippen LogP contribution in [0, 0.1) is 3.95 Å². The van der Waals surface area contributed by atoms with Crippen LogP contribution in [0.15, 0.2) is 29.6 Å². The first-order valence-electron chi connectivity index (χ1n) is 5.26. The summed E-state index contributed by atoms with van der Waals surface area (Å²) in [5.41, 5.74) is 8.89. The van der Waals surface area contributed by atoms with Crippen molar-refractivity contribution in [3.8, 4) is 11.3 Å². The fourth-order valence-electron chi connectivity index (χ4n) is 1.69. The molecule has 0 aliphatic carbocycles. The van der Waals surface area contributed by atoms with Crippen LogP contribution in [0.1, 0.15) is 13.3 Å². The molecule has 0 aliphatic rings. The molecule has 0 radical (unpaired) electrons. The van der Waals surface area contributed by atoms with Crippen molar-refractivity contribution in [1.29, 1.82) is 0 Å². The number of thiazole rings is 1. The van der Waals surface area contributed by atoms with E-state index < -0.39 is 0 Å². The molecular formula is C12H18N2O2S2. The number of nitrogen functional groups attached to an aromatic ring is 1. The third kappa shape index (κ3) is 3.39. The molecule has 1 aromatic heterocycles. The number of nitrogens with two attached hydrogens (primary N) is 1. The molecule has 0 saturated carbocycles. The normalized spacial score (nSPS) is 9.39. The Balaban J connectivity index is 0.00000144. The van der Waals surface area contributed by atoms with Gasteiger partial charge in [-0.3, -0.25) is 0 Å². The van der Waals surface area contributed by atoms with Crippen LogP contribution in [-0.2, 0) is 6.54 Å². The van der Waals surface area contributed by atoms with E-state index in [-0.39, 0.29) is 11.0 Å². The molecule has 100 valence electrons. The first-order chi connectivity index (χ1) is 7.72. The molecule has 2 rings (SSSR count). The van der Waals surface area contributed by atoms with Gasteiger partial charge in [-0.1, -0.05) is 19.1 Å². The summed E-state index contributed by atoms with van der Waals surface area (Å²) < 4.78 is 3.11. The Labute approximate surface area is 115 Å². The van der Waals surface area contributed by atoms with Gasteiger partial charge in [0.1, 0.15) is 0 Å². The van der Waals surface area contributed by atoms with Crippen molar-refractivity contribution in [2.75, 3.05) is 5.73 Å². The highest BCUT2D eigenvalue weighted by Crippen LogP contribution is 2.25. The van der Waals surface area contributed by atoms with Crippen LogP contribution in [0.2, 0.25) is 0 Å². The molecule has 0 amide bonds. The molecule has 0 saturated heterocycles. The highest BCUT2D eigenvalue weighted by atomic mass is 32.1. The Bertz CT molecular complexity index is 549. The van der Waals surface area contributed by atoms with E-state index in [0.29, 0.717) is 0 Å². The van der Waals surface area contributed by atoms with Gasteiger partial charge in [-0.2, -0.15) is 0 Å². The lowest BCUT2D eigenvalue weighted by molar-refractivity contribution is 0.686. The summed E-state index contributed by atoms with van der Waals surface area (Å²) >= 11 is 6.93. The van der Waals surface area contributed by atoms with E-state index in [1.54, 1.807) is 11.3 Å². The Morgan fingerprint density at radius 1 is 1.33 bits per heavy atom. The molecule has 1 aromatic carbocycles. The highest BCUT2D eigenvalue weighted by Gasteiger charge is 2.06. The summed E-state index contributed by atoms with van der Waals surface area (Å²) in [5, 5.41) is 2.10. The summed E-state index contributed by atoms with van der Waals surface area (Å²) in [7, 11) is 0. The molecule has 1 heterocycles.